The summed E-state index contributed by atoms with van der Waals surface area (Å²) in [7, 11) is 0. The van der Waals surface area contributed by atoms with Gasteiger partial charge in [-0.15, -0.1) is 0 Å². The van der Waals surface area contributed by atoms with Crippen molar-refractivity contribution >= 4 is 137 Å². The van der Waals surface area contributed by atoms with Crippen molar-refractivity contribution in [1.82, 2.24) is 18.3 Å². The number of furan rings is 2. The van der Waals surface area contributed by atoms with Crippen LogP contribution in [-0.4, -0.2) is 18.3 Å². The van der Waals surface area contributed by atoms with Gasteiger partial charge in [-0.25, -0.2) is 4.85 Å². The molecule has 17 aromatic rings. The van der Waals surface area contributed by atoms with Gasteiger partial charge < -0.3 is 27.1 Å². The molecular formula is C68H36N6O2. The summed E-state index contributed by atoms with van der Waals surface area (Å²) in [5.74, 6) is 0. The number of nitriles is 1. The van der Waals surface area contributed by atoms with Crippen LogP contribution < -0.4 is 0 Å². The SMILES string of the molecule is [C-]#[N+]c1c(-n2c3ccccc3c3ccccc32)c(C#N)c(-n2c3ccccc3c3cc4oc5ccccc5c4cc32)c(-n2c3ccccc3c3ccccc32)c1-n1c2ccccc2c2cc3oc4ccccc4c3cc21. The lowest BCUT2D eigenvalue weighted by molar-refractivity contribution is 0.669. The average molecular weight is 969 g/mol. The maximum Gasteiger partial charge on any atom is 0.237 e. The van der Waals surface area contributed by atoms with E-state index in [2.05, 4.69) is 194 Å². The van der Waals surface area contributed by atoms with Gasteiger partial charge in [-0.2, -0.15) is 5.26 Å². The first kappa shape index (κ1) is 40.8. The number of nitrogens with zero attached hydrogens (tertiary/aromatic N) is 6. The van der Waals surface area contributed by atoms with Crippen LogP contribution in [0, 0.1) is 17.9 Å². The van der Waals surface area contributed by atoms with Gasteiger partial charge in [-0.3, -0.25) is 0 Å². The Morgan fingerprint density at radius 3 is 1.00 bits per heavy atom. The van der Waals surface area contributed by atoms with E-state index in [0.717, 1.165) is 131 Å². The molecule has 6 aromatic heterocycles. The Morgan fingerprint density at radius 2 is 0.618 bits per heavy atom. The zero-order chi connectivity index (χ0) is 49.9. The number of aromatic nitrogens is 4. The van der Waals surface area contributed by atoms with E-state index in [9.17, 15) is 11.8 Å². The molecule has 350 valence electrons. The van der Waals surface area contributed by atoms with Crippen molar-refractivity contribution in [2.45, 2.75) is 0 Å². The monoisotopic (exact) mass is 968 g/mol. The molecule has 0 saturated heterocycles. The fraction of sp³-hybridized carbons (Fsp3) is 0. The van der Waals surface area contributed by atoms with Crippen molar-refractivity contribution in [2.75, 3.05) is 0 Å². The van der Waals surface area contributed by atoms with Gasteiger partial charge in [0.1, 0.15) is 28.4 Å². The van der Waals surface area contributed by atoms with Gasteiger partial charge in [0.25, 0.3) is 0 Å². The highest BCUT2D eigenvalue weighted by Crippen LogP contribution is 2.52. The molecule has 17 rings (SSSR count). The molecule has 0 atom stereocenters. The predicted molar refractivity (Wildman–Crippen MR) is 309 cm³/mol. The van der Waals surface area contributed by atoms with Crippen molar-refractivity contribution in [1.29, 1.82) is 5.26 Å². The van der Waals surface area contributed by atoms with Crippen molar-refractivity contribution in [2.24, 2.45) is 0 Å². The number of benzene rings is 11. The molecular weight excluding hydrogens is 933 g/mol. The van der Waals surface area contributed by atoms with Gasteiger partial charge in [-0.1, -0.05) is 146 Å². The van der Waals surface area contributed by atoms with Gasteiger partial charge in [0.15, 0.2) is 0 Å². The molecule has 0 aliphatic heterocycles. The lowest BCUT2D eigenvalue weighted by Gasteiger charge is -2.27. The standard InChI is InChI=1S/C68H36N6O2/c1-70-64-65(71-52-26-10-2-18-39(52)40-19-3-11-27-53(40)71)51(38-69)66(73-56-30-14-6-22-43(56)47-36-62-49(34-58(47)73)45-24-8-16-32-60(45)75-62)68(72-54-28-12-4-20-41(54)42-21-5-13-29-55(42)72)67(64)74-57-31-15-7-23-44(57)48-37-63-50(35-59(48)74)46-25-9-17-33-61(46)76-63/h2-37H. The molecule has 8 heteroatoms. The van der Waals surface area contributed by atoms with Crippen LogP contribution in [0.25, 0.3) is 159 Å². The fourth-order valence-corrected chi connectivity index (χ4v) is 12.9. The second-order valence-corrected chi connectivity index (χ2v) is 19.7. The van der Waals surface area contributed by atoms with Crippen LogP contribution in [0.15, 0.2) is 227 Å². The molecule has 0 fully saturated rings. The fourth-order valence-electron chi connectivity index (χ4n) is 12.9. The molecule has 6 heterocycles. The Labute approximate surface area is 431 Å². The van der Waals surface area contributed by atoms with E-state index >= 15 is 0 Å². The Morgan fingerprint density at radius 1 is 0.303 bits per heavy atom. The molecule has 0 radical (unpaired) electrons. The van der Waals surface area contributed by atoms with E-state index in [1.165, 1.54) is 0 Å². The van der Waals surface area contributed by atoms with Crippen LogP contribution in [-0.2, 0) is 0 Å². The molecule has 0 amide bonds. The largest absolute Gasteiger partial charge is 0.456 e. The van der Waals surface area contributed by atoms with Crippen LogP contribution in [0.5, 0.6) is 0 Å². The normalized spacial score (nSPS) is 12.2. The molecule has 11 aromatic carbocycles. The summed E-state index contributed by atoms with van der Waals surface area (Å²) in [6.45, 7) is 9.80. The van der Waals surface area contributed by atoms with E-state index in [-0.39, 0.29) is 0 Å². The highest BCUT2D eigenvalue weighted by molar-refractivity contribution is 6.21. The summed E-state index contributed by atoms with van der Waals surface area (Å²) in [5, 5.41) is 24.6. The molecule has 8 nitrogen and oxygen atoms in total. The van der Waals surface area contributed by atoms with Gasteiger partial charge in [-0.05, 0) is 72.8 Å². The maximum absolute atomic E-state index is 12.6. The quantitative estimate of drug-likeness (QED) is 0.165. The van der Waals surface area contributed by atoms with Crippen molar-refractivity contribution in [3.05, 3.63) is 235 Å². The van der Waals surface area contributed by atoms with E-state index in [1.54, 1.807) is 0 Å². The minimum atomic E-state index is 0.326. The molecule has 0 N–H and O–H groups in total. The summed E-state index contributed by atoms with van der Waals surface area (Å²) >= 11 is 0. The van der Waals surface area contributed by atoms with Crippen molar-refractivity contribution < 1.29 is 8.83 Å². The van der Waals surface area contributed by atoms with E-state index in [4.69, 9.17) is 13.7 Å². The second kappa shape index (κ2) is 14.9. The second-order valence-electron chi connectivity index (χ2n) is 19.7. The summed E-state index contributed by atoms with van der Waals surface area (Å²) in [6.07, 6.45) is 0. The molecule has 0 saturated carbocycles. The minimum Gasteiger partial charge on any atom is -0.456 e. The van der Waals surface area contributed by atoms with Gasteiger partial charge in [0, 0.05) is 64.6 Å². The van der Waals surface area contributed by atoms with Gasteiger partial charge >= 0.3 is 0 Å². The Kier molecular flexibility index (Phi) is 7.99. The van der Waals surface area contributed by atoms with Gasteiger partial charge in [0.2, 0.25) is 5.69 Å². The van der Waals surface area contributed by atoms with Crippen LogP contribution in [0.4, 0.5) is 5.69 Å². The highest BCUT2D eigenvalue weighted by Gasteiger charge is 2.35. The number of hydrogen-bond acceptors (Lipinski definition) is 3. The summed E-state index contributed by atoms with van der Waals surface area (Å²) in [6, 6.07) is 78.5. The average Bonchev–Trinajstić information content (AvgIpc) is 4.45. The molecule has 0 aliphatic carbocycles. The van der Waals surface area contributed by atoms with Crippen molar-refractivity contribution in [3.8, 4) is 28.8 Å². The number of rotatable bonds is 4. The van der Waals surface area contributed by atoms with E-state index in [1.807, 2.05) is 48.5 Å². The molecule has 76 heavy (non-hydrogen) atoms. The zero-order valence-corrected chi connectivity index (χ0v) is 40.3. The van der Waals surface area contributed by atoms with Crippen molar-refractivity contribution in [3.63, 3.8) is 0 Å². The number of para-hydroxylation sites is 8. The maximum atomic E-state index is 12.6. The van der Waals surface area contributed by atoms with Crippen LogP contribution in [0.2, 0.25) is 0 Å². The minimum absolute atomic E-state index is 0.326. The smallest absolute Gasteiger partial charge is 0.237 e. The molecule has 0 spiro atoms. The molecule has 0 bridgehead atoms. The third kappa shape index (κ3) is 5.18. The Balaban J connectivity index is 1.20. The highest BCUT2D eigenvalue weighted by atomic mass is 16.3. The number of hydrogen-bond donors (Lipinski definition) is 0. The zero-order valence-electron chi connectivity index (χ0n) is 40.3. The third-order valence-corrected chi connectivity index (χ3v) is 16.0. The summed E-state index contributed by atoms with van der Waals surface area (Å²) < 4.78 is 22.3. The van der Waals surface area contributed by atoms with E-state index in [0.29, 0.717) is 34.0 Å². The lowest BCUT2D eigenvalue weighted by atomic mass is 10.0. The summed E-state index contributed by atoms with van der Waals surface area (Å²) in [4.78, 5) is 4.77. The first-order valence-electron chi connectivity index (χ1n) is 25.3. The first-order chi connectivity index (χ1) is 37.7. The van der Waals surface area contributed by atoms with Crippen LogP contribution in [0.3, 0.4) is 0 Å². The summed E-state index contributed by atoms with van der Waals surface area (Å²) in [5.41, 5.74) is 13.5. The van der Waals surface area contributed by atoms with Crippen LogP contribution >= 0.6 is 0 Å². The predicted octanol–water partition coefficient (Wildman–Crippen LogP) is 18.3. The topological polar surface area (TPSA) is 74.2 Å². The third-order valence-electron chi connectivity index (χ3n) is 16.0. The first-order valence-corrected chi connectivity index (χ1v) is 25.3. The van der Waals surface area contributed by atoms with E-state index < -0.39 is 0 Å². The lowest BCUT2D eigenvalue weighted by Crippen LogP contribution is -2.14. The molecule has 0 unspecified atom stereocenters. The van der Waals surface area contributed by atoms with Crippen LogP contribution in [0.1, 0.15) is 5.56 Å². The Hall–Kier alpha value is -10.8. The Bertz CT molecular complexity index is 5190. The molecule has 0 aliphatic rings. The number of fused-ring (bicyclic) bond motifs is 18. The van der Waals surface area contributed by atoms with Gasteiger partial charge in [0.05, 0.1) is 79.0 Å².